The quantitative estimate of drug-likeness (QED) is 0.293. The van der Waals surface area contributed by atoms with E-state index in [1.54, 1.807) is 7.05 Å². The van der Waals surface area contributed by atoms with Crippen LogP contribution >= 0.6 is 17.1 Å². The van der Waals surface area contributed by atoms with Crippen LogP contribution in [0.5, 0.6) is 0 Å². The van der Waals surface area contributed by atoms with Crippen LogP contribution in [-0.4, -0.2) is 70.2 Å². The van der Waals surface area contributed by atoms with Gasteiger partial charge in [-0.15, -0.1) is 0 Å². The van der Waals surface area contributed by atoms with Crippen LogP contribution in [0, 0.1) is 0 Å². The van der Waals surface area contributed by atoms with Crippen LogP contribution in [0.2, 0.25) is 0 Å². The van der Waals surface area contributed by atoms with Crippen molar-refractivity contribution in [3.05, 3.63) is 0 Å². The average Bonchev–Trinajstić information content (AvgIpc) is 2.61. The summed E-state index contributed by atoms with van der Waals surface area (Å²) in [6, 6.07) is 0. The van der Waals surface area contributed by atoms with Crippen molar-refractivity contribution >= 4 is 52.7 Å². The van der Waals surface area contributed by atoms with Gasteiger partial charge in [0.2, 0.25) is 11.6 Å². The van der Waals surface area contributed by atoms with Gasteiger partial charge >= 0.3 is 17.9 Å². The molecule has 0 aliphatic rings. The maximum atomic E-state index is 10.8. The third kappa shape index (κ3) is 17.9. The third-order valence-corrected chi connectivity index (χ3v) is 8.03. The highest BCUT2D eigenvalue weighted by atomic mass is 32.9. The Hall–Kier alpha value is -1.20. The molecule has 10 nitrogen and oxygen atoms in total. The van der Waals surface area contributed by atoms with E-state index in [9.17, 15) is 19.2 Å². The predicted molar refractivity (Wildman–Crippen MR) is 104 cm³/mol. The summed E-state index contributed by atoms with van der Waals surface area (Å²) in [7, 11) is 4.55. The molecule has 0 saturated heterocycles. The SMILES string of the molecule is CC(=O)OCC(COC(C)=O)OC(C)=O.CNC(=O)CSP(=S)(OC)OC. The lowest BCUT2D eigenvalue weighted by atomic mass is 10.4. The first kappa shape index (κ1) is 28.0. The highest BCUT2D eigenvalue weighted by Gasteiger charge is 2.17. The number of rotatable bonds is 10. The number of hydrogen-bond acceptors (Lipinski definition) is 11. The first-order valence-electron chi connectivity index (χ1n) is 7.50. The molecular formula is C14H26NO9PS2. The van der Waals surface area contributed by atoms with Gasteiger partial charge in [0.25, 0.3) is 0 Å². The van der Waals surface area contributed by atoms with Gasteiger partial charge in [-0.25, -0.2) is 0 Å². The molecule has 158 valence electrons. The molecule has 0 atom stereocenters. The van der Waals surface area contributed by atoms with Gasteiger partial charge in [0.05, 0.1) is 5.75 Å². The molecule has 0 aromatic heterocycles. The number of carbonyl (C=O) groups excluding carboxylic acids is 4. The summed E-state index contributed by atoms with van der Waals surface area (Å²) in [5.74, 6) is -1.32. The van der Waals surface area contributed by atoms with E-state index in [0.29, 0.717) is 0 Å². The monoisotopic (exact) mass is 447 g/mol. The highest BCUT2D eigenvalue weighted by molar-refractivity contribution is 8.68. The average molecular weight is 447 g/mol. The van der Waals surface area contributed by atoms with Crippen LogP contribution < -0.4 is 5.32 Å². The molecule has 27 heavy (non-hydrogen) atoms. The van der Waals surface area contributed by atoms with Crippen molar-refractivity contribution in [2.45, 2.75) is 26.9 Å². The molecule has 0 unspecified atom stereocenters. The maximum Gasteiger partial charge on any atom is 0.303 e. The number of carbonyl (C=O) groups is 4. The molecule has 0 aromatic carbocycles. The first-order chi connectivity index (χ1) is 12.5. The van der Waals surface area contributed by atoms with Gasteiger partial charge in [0, 0.05) is 42.0 Å². The lowest BCUT2D eigenvalue weighted by Crippen LogP contribution is -2.29. The van der Waals surface area contributed by atoms with Gasteiger partial charge in [0.1, 0.15) is 13.2 Å². The van der Waals surface area contributed by atoms with Crippen molar-refractivity contribution in [3.63, 3.8) is 0 Å². The Morgan fingerprint density at radius 3 is 1.70 bits per heavy atom. The lowest BCUT2D eigenvalue weighted by Gasteiger charge is -2.15. The smallest absolute Gasteiger partial charge is 0.303 e. The molecule has 0 aliphatic carbocycles. The molecular weight excluding hydrogens is 421 g/mol. The molecule has 0 aromatic rings. The van der Waals surface area contributed by atoms with E-state index in [4.69, 9.17) is 25.6 Å². The minimum atomic E-state index is -2.26. The molecule has 1 amide bonds. The molecule has 0 radical (unpaired) electrons. The summed E-state index contributed by atoms with van der Waals surface area (Å²) in [5, 5.41) is 2.49. The Balaban J connectivity index is 0. The summed E-state index contributed by atoms with van der Waals surface area (Å²) in [5.41, 5.74) is -2.26. The Morgan fingerprint density at radius 1 is 0.963 bits per heavy atom. The van der Waals surface area contributed by atoms with E-state index in [2.05, 4.69) is 14.8 Å². The van der Waals surface area contributed by atoms with Crippen molar-refractivity contribution in [1.82, 2.24) is 5.32 Å². The Morgan fingerprint density at radius 2 is 1.41 bits per heavy atom. The number of esters is 3. The van der Waals surface area contributed by atoms with Gasteiger partial charge in [-0.1, -0.05) is 11.4 Å². The summed E-state index contributed by atoms with van der Waals surface area (Å²) in [4.78, 5) is 42.5. The fourth-order valence-corrected chi connectivity index (χ4v) is 3.87. The van der Waals surface area contributed by atoms with Crippen LogP contribution in [0.25, 0.3) is 0 Å². The molecule has 1 N–H and O–H groups in total. The summed E-state index contributed by atoms with van der Waals surface area (Å²) < 4.78 is 24.0. The Kier molecular flexibility index (Phi) is 16.4. The van der Waals surface area contributed by atoms with E-state index in [0.717, 1.165) is 0 Å². The van der Waals surface area contributed by atoms with Crippen molar-refractivity contribution in [1.29, 1.82) is 0 Å². The van der Waals surface area contributed by atoms with Crippen molar-refractivity contribution in [3.8, 4) is 0 Å². The van der Waals surface area contributed by atoms with E-state index in [1.165, 1.54) is 46.4 Å². The second kappa shape index (κ2) is 15.8. The van der Waals surface area contributed by atoms with E-state index in [-0.39, 0.29) is 24.9 Å². The standard InChI is InChI=1S/C9H14O6.C5H12NO3PS2/c1-6(10)13-4-9(15-8(3)12)5-14-7(2)11;1-6-5(7)4-12-10(11,8-2)9-3/h9H,4-5H2,1-3H3;4H2,1-3H3,(H,6,7). The predicted octanol–water partition coefficient (Wildman–Crippen LogP) is 1.03. The summed E-state index contributed by atoms with van der Waals surface area (Å²) in [6.07, 6.45) is -0.754. The molecule has 0 fully saturated rings. The van der Waals surface area contributed by atoms with Crippen LogP contribution in [0.15, 0.2) is 0 Å². The van der Waals surface area contributed by atoms with Crippen LogP contribution in [-0.2, 0) is 54.2 Å². The number of ether oxygens (including phenoxy) is 3. The molecule has 13 heteroatoms. The fraction of sp³-hybridized carbons (Fsp3) is 0.714. The summed E-state index contributed by atoms with van der Waals surface area (Å²) >= 11 is 6.25. The molecule has 0 spiro atoms. The third-order valence-electron chi connectivity index (χ3n) is 2.36. The van der Waals surface area contributed by atoms with Crippen LogP contribution in [0.4, 0.5) is 0 Å². The minimum absolute atomic E-state index is 0.0803. The van der Waals surface area contributed by atoms with Crippen molar-refractivity contribution < 1.29 is 42.4 Å². The van der Waals surface area contributed by atoms with Gasteiger partial charge in [-0.05, 0) is 11.8 Å². The Labute approximate surface area is 167 Å². The number of nitrogens with one attached hydrogen (secondary N) is 1. The van der Waals surface area contributed by atoms with Crippen LogP contribution in [0.1, 0.15) is 20.8 Å². The zero-order valence-corrected chi connectivity index (χ0v) is 18.7. The second-order valence-corrected chi connectivity index (χ2v) is 11.1. The molecule has 0 aliphatic heterocycles. The van der Waals surface area contributed by atoms with Crippen molar-refractivity contribution in [2.24, 2.45) is 0 Å². The van der Waals surface area contributed by atoms with Crippen molar-refractivity contribution in [2.75, 3.05) is 40.2 Å². The minimum Gasteiger partial charge on any atom is -0.462 e. The number of hydrogen-bond donors (Lipinski definition) is 1. The van der Waals surface area contributed by atoms with Gasteiger partial charge < -0.3 is 28.6 Å². The topological polar surface area (TPSA) is 126 Å². The van der Waals surface area contributed by atoms with E-state index >= 15 is 0 Å². The zero-order valence-electron chi connectivity index (χ0n) is 16.1. The first-order valence-corrected chi connectivity index (χ1v) is 11.7. The molecule has 0 bridgehead atoms. The van der Waals surface area contributed by atoms with E-state index in [1.807, 2.05) is 0 Å². The zero-order chi connectivity index (χ0) is 21.5. The van der Waals surface area contributed by atoms with Crippen LogP contribution in [0.3, 0.4) is 0 Å². The second-order valence-electron chi connectivity index (χ2n) is 4.60. The molecule has 0 heterocycles. The normalized spacial score (nSPS) is 10.3. The summed E-state index contributed by atoms with van der Waals surface area (Å²) in [6.45, 7) is 3.44. The lowest BCUT2D eigenvalue weighted by molar-refractivity contribution is -0.163. The van der Waals surface area contributed by atoms with E-state index < -0.39 is 29.7 Å². The fourth-order valence-electron chi connectivity index (χ4n) is 1.16. The van der Waals surface area contributed by atoms with Gasteiger partial charge in [0.15, 0.2) is 6.10 Å². The Bertz CT molecular complexity index is 519. The highest BCUT2D eigenvalue weighted by Crippen LogP contribution is 2.59. The molecule has 0 saturated carbocycles. The van der Waals surface area contributed by atoms with Gasteiger partial charge in [-0.2, -0.15) is 0 Å². The largest absolute Gasteiger partial charge is 0.462 e. The van der Waals surface area contributed by atoms with Gasteiger partial charge in [-0.3, -0.25) is 19.2 Å². The maximum absolute atomic E-state index is 10.8. The number of amides is 1. The molecule has 0 rings (SSSR count).